The predicted octanol–water partition coefficient (Wildman–Crippen LogP) is 2.73. The Morgan fingerprint density at radius 3 is 2.25 bits per heavy atom. The molecule has 0 unspecified atom stereocenters. The van der Waals surface area contributed by atoms with Crippen molar-refractivity contribution in [1.82, 2.24) is 0 Å². The highest BCUT2D eigenvalue weighted by Gasteiger charge is 2.17. The second-order valence-corrected chi connectivity index (χ2v) is 10.8. The first-order valence-corrected chi connectivity index (χ1v) is 7.56. The van der Waals surface area contributed by atoms with Gasteiger partial charge in [0, 0.05) is 11.5 Å². The Morgan fingerprint density at radius 1 is 1.50 bits per heavy atom. The quantitative estimate of drug-likeness (QED) is 0.490. The summed E-state index contributed by atoms with van der Waals surface area (Å²) in [6, 6.07) is 0. The average molecular weight is 242 g/mol. The summed E-state index contributed by atoms with van der Waals surface area (Å²) in [6.45, 7) is 2.30. The first-order valence-electron chi connectivity index (χ1n) is 2.88. The van der Waals surface area contributed by atoms with E-state index >= 15 is 0 Å². The van der Waals surface area contributed by atoms with Crippen LogP contribution in [0.2, 0.25) is 0 Å². The summed E-state index contributed by atoms with van der Waals surface area (Å²) in [5.41, 5.74) is 0. The molecule has 0 aliphatic carbocycles. The zero-order valence-electron chi connectivity index (χ0n) is 5.06. The minimum absolute atomic E-state index is 0.183. The van der Waals surface area contributed by atoms with Crippen LogP contribution in [-0.2, 0) is 0 Å². The lowest BCUT2D eigenvalue weighted by atomic mass is 10.6. The van der Waals surface area contributed by atoms with Gasteiger partial charge in [-0.3, -0.25) is 0 Å². The smallest absolute Gasteiger partial charge is 0.00397 e. The SMILES string of the molecule is CCS1(I)CC=CC1. The Kier molecular flexibility index (Phi) is 2.26. The standard InChI is InChI=1S/C6H11IS/c1-2-8(7)5-3-4-6-8/h3-4H,2,5-6H2,1H3. The Hall–Kier alpha value is 0.820. The molecule has 48 valence electrons. The van der Waals surface area contributed by atoms with E-state index in [-0.39, 0.29) is 7.20 Å². The number of halogens is 1. The van der Waals surface area contributed by atoms with Gasteiger partial charge < -0.3 is 0 Å². The lowest BCUT2D eigenvalue weighted by molar-refractivity contribution is 1.50. The van der Waals surface area contributed by atoms with E-state index < -0.39 is 0 Å². The third-order valence-electron chi connectivity index (χ3n) is 1.47. The van der Waals surface area contributed by atoms with Crippen LogP contribution in [-0.4, -0.2) is 17.3 Å². The monoisotopic (exact) mass is 242 g/mol. The van der Waals surface area contributed by atoms with Gasteiger partial charge in [0.2, 0.25) is 0 Å². The van der Waals surface area contributed by atoms with Gasteiger partial charge in [0.05, 0.1) is 0 Å². The van der Waals surface area contributed by atoms with Gasteiger partial charge >= 0.3 is 0 Å². The number of hydrogen-bond donors (Lipinski definition) is 0. The molecule has 1 rings (SSSR count). The molecule has 0 atom stereocenters. The molecule has 0 nitrogen and oxygen atoms in total. The molecule has 0 N–H and O–H groups in total. The van der Waals surface area contributed by atoms with E-state index in [9.17, 15) is 0 Å². The molecule has 0 radical (unpaired) electrons. The summed E-state index contributed by atoms with van der Waals surface area (Å²) in [6.07, 6.45) is 4.65. The Bertz CT molecular complexity index is 101. The van der Waals surface area contributed by atoms with Crippen LogP contribution < -0.4 is 0 Å². The van der Waals surface area contributed by atoms with Crippen molar-refractivity contribution >= 4 is 28.4 Å². The minimum Gasteiger partial charge on any atom is -0.180 e. The summed E-state index contributed by atoms with van der Waals surface area (Å²) in [4.78, 5) is 0. The van der Waals surface area contributed by atoms with Crippen LogP contribution in [0, 0.1) is 0 Å². The molecule has 8 heavy (non-hydrogen) atoms. The van der Waals surface area contributed by atoms with E-state index in [1.807, 2.05) is 0 Å². The maximum absolute atomic E-state index is 2.65. The Morgan fingerprint density at radius 2 is 2.00 bits per heavy atom. The van der Waals surface area contributed by atoms with Crippen molar-refractivity contribution < 1.29 is 0 Å². The third-order valence-corrected chi connectivity index (χ3v) is 8.11. The summed E-state index contributed by atoms with van der Waals surface area (Å²) >= 11 is 2.65. The van der Waals surface area contributed by atoms with Crippen molar-refractivity contribution in [3.8, 4) is 0 Å². The minimum atomic E-state index is -0.183. The van der Waals surface area contributed by atoms with E-state index in [4.69, 9.17) is 0 Å². The Balaban J connectivity index is 2.46. The van der Waals surface area contributed by atoms with E-state index in [2.05, 4.69) is 40.3 Å². The van der Waals surface area contributed by atoms with Crippen molar-refractivity contribution in [3.05, 3.63) is 12.2 Å². The van der Waals surface area contributed by atoms with Crippen molar-refractivity contribution in [3.63, 3.8) is 0 Å². The fourth-order valence-electron chi connectivity index (χ4n) is 0.785. The highest BCUT2D eigenvalue weighted by atomic mass is 127. The normalized spacial score (nSPS) is 28.2. The van der Waals surface area contributed by atoms with Crippen molar-refractivity contribution in [2.45, 2.75) is 6.92 Å². The van der Waals surface area contributed by atoms with Crippen LogP contribution in [0.15, 0.2) is 12.2 Å². The fraction of sp³-hybridized carbons (Fsp3) is 0.667. The van der Waals surface area contributed by atoms with Gasteiger partial charge in [0.25, 0.3) is 0 Å². The van der Waals surface area contributed by atoms with Gasteiger partial charge in [-0.05, 0) is 27.0 Å². The van der Waals surface area contributed by atoms with E-state index in [0.717, 1.165) is 0 Å². The van der Waals surface area contributed by atoms with Crippen molar-refractivity contribution in [2.75, 3.05) is 17.3 Å². The van der Waals surface area contributed by atoms with Crippen molar-refractivity contribution in [2.24, 2.45) is 0 Å². The molecule has 1 aliphatic heterocycles. The van der Waals surface area contributed by atoms with Crippen LogP contribution in [0.4, 0.5) is 0 Å². The van der Waals surface area contributed by atoms with E-state index in [0.29, 0.717) is 0 Å². The molecule has 0 saturated carbocycles. The van der Waals surface area contributed by atoms with Crippen LogP contribution in [0.25, 0.3) is 0 Å². The van der Waals surface area contributed by atoms with Gasteiger partial charge in [0.15, 0.2) is 0 Å². The molecule has 0 bridgehead atoms. The van der Waals surface area contributed by atoms with Gasteiger partial charge in [-0.25, -0.2) is 0 Å². The molecule has 0 aromatic heterocycles. The lowest BCUT2D eigenvalue weighted by Gasteiger charge is -2.24. The van der Waals surface area contributed by atoms with Crippen molar-refractivity contribution in [1.29, 1.82) is 0 Å². The molecule has 0 aromatic rings. The van der Waals surface area contributed by atoms with Crippen LogP contribution in [0.1, 0.15) is 6.92 Å². The molecular formula is C6H11IS. The van der Waals surface area contributed by atoms with Gasteiger partial charge in [0.1, 0.15) is 0 Å². The average Bonchev–Trinajstić information content (AvgIpc) is 2.17. The van der Waals surface area contributed by atoms with Crippen LogP contribution in [0.5, 0.6) is 0 Å². The molecule has 0 amide bonds. The fourth-order valence-corrected chi connectivity index (χ4v) is 3.60. The molecule has 1 heterocycles. The number of rotatable bonds is 1. The summed E-state index contributed by atoms with van der Waals surface area (Å²) in [5, 5.41) is 0. The zero-order chi connectivity index (χ0) is 6.04. The molecule has 0 fully saturated rings. The molecule has 1 aliphatic rings. The van der Waals surface area contributed by atoms with Crippen LogP contribution >= 0.6 is 28.4 Å². The molecule has 0 saturated heterocycles. The number of hydrogen-bond acceptors (Lipinski definition) is 0. The van der Waals surface area contributed by atoms with Gasteiger partial charge in [-0.2, -0.15) is 7.20 Å². The maximum atomic E-state index is 2.65. The highest BCUT2D eigenvalue weighted by molar-refractivity contribution is 14.2. The summed E-state index contributed by atoms with van der Waals surface area (Å²) in [5.74, 6) is 4.12. The highest BCUT2D eigenvalue weighted by Crippen LogP contribution is 2.58. The van der Waals surface area contributed by atoms with Gasteiger partial charge in [-0.1, -0.05) is 19.1 Å². The Labute approximate surface area is 64.6 Å². The third kappa shape index (κ3) is 1.41. The predicted molar refractivity (Wildman–Crippen MR) is 51.0 cm³/mol. The second-order valence-electron chi connectivity index (χ2n) is 2.03. The second kappa shape index (κ2) is 2.60. The van der Waals surface area contributed by atoms with E-state index in [1.54, 1.807) is 0 Å². The zero-order valence-corrected chi connectivity index (χ0v) is 8.04. The maximum Gasteiger partial charge on any atom is 0.00397 e. The van der Waals surface area contributed by atoms with Gasteiger partial charge in [-0.15, -0.1) is 0 Å². The first-order chi connectivity index (χ1) is 3.77. The molecule has 2 heteroatoms. The molecule has 0 aromatic carbocycles. The largest absolute Gasteiger partial charge is 0.180 e. The first kappa shape index (κ1) is 6.93. The topological polar surface area (TPSA) is 0 Å². The lowest BCUT2D eigenvalue weighted by Crippen LogP contribution is -1.94. The molecule has 0 spiro atoms. The summed E-state index contributed by atoms with van der Waals surface area (Å²) in [7, 11) is -0.183. The van der Waals surface area contributed by atoms with Crippen LogP contribution in [0.3, 0.4) is 0 Å². The van der Waals surface area contributed by atoms with E-state index in [1.165, 1.54) is 17.3 Å². The molecular weight excluding hydrogens is 231 g/mol. The summed E-state index contributed by atoms with van der Waals surface area (Å²) < 4.78 is 0.